The van der Waals surface area contributed by atoms with Crippen LogP contribution in [0.1, 0.15) is 19.4 Å². The van der Waals surface area contributed by atoms with E-state index in [2.05, 4.69) is 0 Å². The van der Waals surface area contributed by atoms with Gasteiger partial charge in [-0.3, -0.25) is 0 Å². The molecule has 0 radical (unpaired) electrons. The molecule has 2 nitrogen and oxygen atoms in total. The minimum atomic E-state index is -0.735. The van der Waals surface area contributed by atoms with Gasteiger partial charge in [-0.1, -0.05) is 0 Å². The van der Waals surface area contributed by atoms with Crippen LogP contribution in [0.5, 0.6) is 0 Å². The lowest BCUT2D eigenvalue weighted by atomic mass is 9.93. The Labute approximate surface area is 81.5 Å². The molecule has 0 spiro atoms. The summed E-state index contributed by atoms with van der Waals surface area (Å²) in [6.07, 6.45) is 1.54. The van der Waals surface area contributed by atoms with Crippen LogP contribution in [0.2, 0.25) is 0 Å². The van der Waals surface area contributed by atoms with Gasteiger partial charge in [0.05, 0.1) is 11.8 Å². The van der Waals surface area contributed by atoms with Crippen molar-refractivity contribution in [1.82, 2.24) is 0 Å². The summed E-state index contributed by atoms with van der Waals surface area (Å²) in [6.45, 7) is 3.51. The standard InChI is InChI=1S/C11H12FNO/c1-11(2,13)9-8(12)4-3-7-5-6-14-10(7)9/h3-6H,13H2,1-2H3. The van der Waals surface area contributed by atoms with Crippen molar-refractivity contribution in [2.24, 2.45) is 5.73 Å². The fourth-order valence-electron chi connectivity index (χ4n) is 1.61. The van der Waals surface area contributed by atoms with Crippen molar-refractivity contribution < 1.29 is 8.81 Å². The molecule has 14 heavy (non-hydrogen) atoms. The lowest BCUT2D eigenvalue weighted by Gasteiger charge is -2.19. The van der Waals surface area contributed by atoms with Crippen LogP contribution in [0, 0.1) is 5.82 Å². The summed E-state index contributed by atoms with van der Waals surface area (Å²) < 4.78 is 18.8. The first-order chi connectivity index (χ1) is 6.50. The number of fused-ring (bicyclic) bond motifs is 1. The van der Waals surface area contributed by atoms with Crippen molar-refractivity contribution in [1.29, 1.82) is 0 Å². The van der Waals surface area contributed by atoms with Crippen LogP contribution in [0.4, 0.5) is 4.39 Å². The Bertz CT molecular complexity index is 468. The highest BCUT2D eigenvalue weighted by Crippen LogP contribution is 2.29. The average Bonchev–Trinajstić information content (AvgIpc) is 2.48. The maximum absolute atomic E-state index is 13.6. The minimum Gasteiger partial charge on any atom is -0.464 e. The van der Waals surface area contributed by atoms with E-state index in [9.17, 15) is 4.39 Å². The zero-order valence-corrected chi connectivity index (χ0v) is 8.17. The molecule has 3 heteroatoms. The molecule has 1 aromatic carbocycles. The number of benzene rings is 1. The first-order valence-corrected chi connectivity index (χ1v) is 4.45. The number of halogens is 1. The van der Waals surface area contributed by atoms with Gasteiger partial charge in [0.2, 0.25) is 0 Å². The van der Waals surface area contributed by atoms with Gasteiger partial charge < -0.3 is 10.2 Å². The summed E-state index contributed by atoms with van der Waals surface area (Å²) in [5.41, 5.74) is 6.12. The largest absolute Gasteiger partial charge is 0.464 e. The van der Waals surface area contributed by atoms with Gasteiger partial charge in [0.25, 0.3) is 0 Å². The van der Waals surface area contributed by atoms with Crippen molar-refractivity contribution in [3.63, 3.8) is 0 Å². The Morgan fingerprint density at radius 3 is 2.64 bits per heavy atom. The van der Waals surface area contributed by atoms with E-state index in [1.165, 1.54) is 6.07 Å². The van der Waals surface area contributed by atoms with Crippen molar-refractivity contribution in [3.05, 3.63) is 35.8 Å². The van der Waals surface area contributed by atoms with Crippen LogP contribution in [0.15, 0.2) is 28.9 Å². The first-order valence-electron chi connectivity index (χ1n) is 4.45. The van der Waals surface area contributed by atoms with E-state index in [0.29, 0.717) is 11.1 Å². The highest BCUT2D eigenvalue weighted by molar-refractivity contribution is 5.81. The third-order valence-electron chi connectivity index (χ3n) is 2.22. The molecule has 2 rings (SSSR count). The van der Waals surface area contributed by atoms with Gasteiger partial charge in [-0.2, -0.15) is 0 Å². The Morgan fingerprint density at radius 1 is 1.29 bits per heavy atom. The van der Waals surface area contributed by atoms with Gasteiger partial charge in [-0.05, 0) is 32.0 Å². The van der Waals surface area contributed by atoms with E-state index >= 15 is 0 Å². The monoisotopic (exact) mass is 193 g/mol. The van der Waals surface area contributed by atoms with E-state index in [-0.39, 0.29) is 5.82 Å². The Kier molecular flexibility index (Phi) is 1.86. The molecule has 0 atom stereocenters. The summed E-state index contributed by atoms with van der Waals surface area (Å²) in [5.74, 6) is -0.319. The maximum Gasteiger partial charge on any atom is 0.141 e. The van der Waals surface area contributed by atoms with E-state index in [4.69, 9.17) is 10.2 Å². The molecule has 0 bridgehead atoms. The third-order valence-corrected chi connectivity index (χ3v) is 2.22. The molecule has 0 amide bonds. The minimum absolute atomic E-state index is 0.319. The molecule has 0 fully saturated rings. The summed E-state index contributed by atoms with van der Waals surface area (Å²) in [6, 6.07) is 4.90. The molecule has 0 saturated heterocycles. The number of hydrogen-bond donors (Lipinski definition) is 1. The van der Waals surface area contributed by atoms with E-state index in [0.717, 1.165) is 5.39 Å². The number of nitrogens with two attached hydrogens (primary N) is 1. The Balaban J connectivity index is 2.83. The molecule has 1 aromatic heterocycles. The predicted molar refractivity (Wildman–Crippen MR) is 53.4 cm³/mol. The third kappa shape index (κ3) is 1.30. The fraction of sp³-hybridized carbons (Fsp3) is 0.273. The molecule has 2 N–H and O–H groups in total. The Hall–Kier alpha value is -1.35. The molecular weight excluding hydrogens is 181 g/mol. The first kappa shape index (κ1) is 9.21. The van der Waals surface area contributed by atoms with Gasteiger partial charge in [-0.25, -0.2) is 4.39 Å². The zero-order chi connectivity index (χ0) is 10.3. The molecule has 0 aliphatic rings. The normalized spacial score (nSPS) is 12.3. The molecule has 1 heterocycles. The van der Waals surface area contributed by atoms with Crippen LogP contribution < -0.4 is 5.73 Å². The van der Waals surface area contributed by atoms with Crippen LogP contribution in [0.3, 0.4) is 0 Å². The zero-order valence-electron chi connectivity index (χ0n) is 8.17. The molecular formula is C11H12FNO. The van der Waals surface area contributed by atoms with Crippen molar-refractivity contribution in [2.75, 3.05) is 0 Å². The van der Waals surface area contributed by atoms with Gasteiger partial charge in [0, 0.05) is 10.9 Å². The summed E-state index contributed by atoms with van der Waals surface area (Å²) in [5, 5.41) is 0.875. The molecule has 2 aromatic rings. The highest BCUT2D eigenvalue weighted by Gasteiger charge is 2.23. The van der Waals surface area contributed by atoms with Gasteiger partial charge in [0.15, 0.2) is 0 Å². The molecule has 0 aliphatic carbocycles. The van der Waals surface area contributed by atoms with Crippen molar-refractivity contribution in [2.45, 2.75) is 19.4 Å². The molecule has 0 saturated carbocycles. The van der Waals surface area contributed by atoms with Gasteiger partial charge >= 0.3 is 0 Å². The van der Waals surface area contributed by atoms with E-state index < -0.39 is 5.54 Å². The lowest BCUT2D eigenvalue weighted by Crippen LogP contribution is -2.30. The number of hydrogen-bond acceptors (Lipinski definition) is 2. The Morgan fingerprint density at radius 2 is 2.00 bits per heavy atom. The fourth-order valence-corrected chi connectivity index (χ4v) is 1.61. The lowest BCUT2D eigenvalue weighted by molar-refractivity contribution is 0.491. The van der Waals surface area contributed by atoms with E-state index in [1.54, 1.807) is 32.2 Å². The van der Waals surface area contributed by atoms with Crippen molar-refractivity contribution in [3.8, 4) is 0 Å². The second-order valence-corrected chi connectivity index (χ2v) is 3.98. The maximum atomic E-state index is 13.6. The number of furan rings is 1. The number of rotatable bonds is 1. The van der Waals surface area contributed by atoms with Crippen LogP contribution in [0.25, 0.3) is 11.0 Å². The summed E-state index contributed by atoms with van der Waals surface area (Å²) in [7, 11) is 0. The SMILES string of the molecule is CC(C)(N)c1c(F)ccc2ccoc12. The molecule has 74 valence electrons. The molecule has 0 unspecified atom stereocenters. The quantitative estimate of drug-likeness (QED) is 0.756. The smallest absolute Gasteiger partial charge is 0.141 e. The topological polar surface area (TPSA) is 39.2 Å². The summed E-state index contributed by atoms with van der Waals surface area (Å²) >= 11 is 0. The van der Waals surface area contributed by atoms with E-state index in [1.807, 2.05) is 0 Å². The van der Waals surface area contributed by atoms with Gasteiger partial charge in [-0.15, -0.1) is 0 Å². The molecule has 0 aliphatic heterocycles. The van der Waals surface area contributed by atoms with Crippen LogP contribution in [-0.4, -0.2) is 0 Å². The average molecular weight is 193 g/mol. The van der Waals surface area contributed by atoms with Crippen LogP contribution >= 0.6 is 0 Å². The summed E-state index contributed by atoms with van der Waals surface area (Å²) in [4.78, 5) is 0. The van der Waals surface area contributed by atoms with Crippen LogP contribution in [-0.2, 0) is 5.54 Å². The second-order valence-electron chi connectivity index (χ2n) is 3.98. The van der Waals surface area contributed by atoms with Gasteiger partial charge in [0.1, 0.15) is 11.4 Å². The second kappa shape index (κ2) is 2.82. The predicted octanol–water partition coefficient (Wildman–Crippen LogP) is 2.77. The van der Waals surface area contributed by atoms with Crippen molar-refractivity contribution >= 4 is 11.0 Å². The highest BCUT2D eigenvalue weighted by atomic mass is 19.1.